The van der Waals surface area contributed by atoms with Gasteiger partial charge in [-0.2, -0.15) is 4.98 Å². The van der Waals surface area contributed by atoms with Gasteiger partial charge in [0.15, 0.2) is 0 Å². The van der Waals surface area contributed by atoms with E-state index in [0.29, 0.717) is 11.5 Å². The summed E-state index contributed by atoms with van der Waals surface area (Å²) in [5, 5.41) is 3.18. The molecule has 0 spiro atoms. The fourth-order valence-corrected chi connectivity index (χ4v) is 2.42. The molecule has 1 aliphatic rings. The summed E-state index contributed by atoms with van der Waals surface area (Å²) in [5.74, 6) is -0.530. The van der Waals surface area contributed by atoms with Gasteiger partial charge in [0.05, 0.1) is 5.69 Å². The summed E-state index contributed by atoms with van der Waals surface area (Å²) in [5.41, 5.74) is 7.22. The van der Waals surface area contributed by atoms with Crippen molar-refractivity contribution in [1.29, 1.82) is 0 Å². The molecule has 1 aromatic carbocycles. The number of hydrogen-bond acceptors (Lipinski definition) is 4. The Bertz CT molecular complexity index is 658. The van der Waals surface area contributed by atoms with Crippen LogP contribution in [0.4, 0.5) is 20.5 Å². The van der Waals surface area contributed by atoms with E-state index in [1.807, 2.05) is 0 Å². The summed E-state index contributed by atoms with van der Waals surface area (Å²) in [6.07, 6.45) is 2.71. The lowest BCUT2D eigenvalue weighted by atomic mass is 10.0. The van der Waals surface area contributed by atoms with E-state index in [1.165, 1.54) is 12.1 Å². The Balaban J connectivity index is 2.20. The number of fused-ring (bicyclic) bond motifs is 1. The summed E-state index contributed by atoms with van der Waals surface area (Å²) in [6, 6.07) is 3.45. The van der Waals surface area contributed by atoms with Crippen molar-refractivity contribution in [2.45, 2.75) is 19.3 Å². The van der Waals surface area contributed by atoms with E-state index >= 15 is 0 Å². The molecular formula is C14H14F2N4. The highest BCUT2D eigenvalue weighted by Crippen LogP contribution is 2.32. The number of anilines is 2. The topological polar surface area (TPSA) is 63.8 Å². The molecule has 0 unspecified atom stereocenters. The summed E-state index contributed by atoms with van der Waals surface area (Å²) >= 11 is 0. The van der Waals surface area contributed by atoms with Gasteiger partial charge in [-0.15, -0.1) is 0 Å². The lowest BCUT2D eigenvalue weighted by molar-refractivity contribution is 0.585. The second-order valence-corrected chi connectivity index (χ2v) is 4.77. The average molecular weight is 276 g/mol. The van der Waals surface area contributed by atoms with Gasteiger partial charge in [-0.3, -0.25) is 0 Å². The highest BCUT2D eigenvalue weighted by Gasteiger charge is 2.19. The van der Waals surface area contributed by atoms with Crippen LogP contribution in [0.25, 0.3) is 11.3 Å². The molecule has 3 N–H and O–H groups in total. The molecule has 3 rings (SSSR count). The van der Waals surface area contributed by atoms with Gasteiger partial charge in [0, 0.05) is 23.7 Å². The minimum atomic E-state index is -0.644. The first kappa shape index (κ1) is 12.8. The number of benzene rings is 1. The zero-order chi connectivity index (χ0) is 14.1. The minimum Gasteiger partial charge on any atom is -0.370 e. The van der Waals surface area contributed by atoms with Crippen LogP contribution in [0.3, 0.4) is 0 Å². The van der Waals surface area contributed by atoms with E-state index in [1.54, 1.807) is 0 Å². The molecule has 0 bridgehead atoms. The van der Waals surface area contributed by atoms with Crippen molar-refractivity contribution in [2.24, 2.45) is 0 Å². The second kappa shape index (κ2) is 5.03. The molecule has 0 amide bonds. The fraction of sp³-hybridized carbons (Fsp3) is 0.286. The number of nitrogens with one attached hydrogen (secondary N) is 1. The Hall–Kier alpha value is -2.24. The molecule has 104 valence electrons. The molecule has 4 nitrogen and oxygen atoms in total. The van der Waals surface area contributed by atoms with Crippen molar-refractivity contribution in [3.8, 4) is 11.3 Å². The maximum absolute atomic E-state index is 14.0. The lowest BCUT2D eigenvalue weighted by Gasteiger charge is -2.13. The predicted octanol–water partition coefficient (Wildman–Crippen LogP) is 2.75. The molecule has 0 atom stereocenters. The first-order valence-corrected chi connectivity index (χ1v) is 6.51. The van der Waals surface area contributed by atoms with E-state index in [-0.39, 0.29) is 11.5 Å². The Morgan fingerprint density at radius 1 is 1.15 bits per heavy atom. The van der Waals surface area contributed by atoms with Gasteiger partial charge in [-0.1, -0.05) is 0 Å². The molecule has 0 radical (unpaired) electrons. The van der Waals surface area contributed by atoms with Crippen LogP contribution in [0.1, 0.15) is 18.4 Å². The van der Waals surface area contributed by atoms with Crippen LogP contribution in [0.15, 0.2) is 18.2 Å². The molecule has 1 aliphatic heterocycles. The van der Waals surface area contributed by atoms with Gasteiger partial charge in [0.1, 0.15) is 17.5 Å². The van der Waals surface area contributed by atoms with E-state index in [0.717, 1.165) is 37.4 Å². The van der Waals surface area contributed by atoms with Crippen molar-refractivity contribution in [2.75, 3.05) is 17.6 Å². The third kappa shape index (κ3) is 2.29. The van der Waals surface area contributed by atoms with Crippen LogP contribution >= 0.6 is 0 Å². The first-order valence-electron chi connectivity index (χ1n) is 6.51. The third-order valence-electron chi connectivity index (χ3n) is 3.36. The number of aromatic nitrogens is 2. The number of nitrogens with two attached hydrogens (primary N) is 1. The van der Waals surface area contributed by atoms with Crippen molar-refractivity contribution < 1.29 is 8.78 Å². The van der Waals surface area contributed by atoms with E-state index < -0.39 is 11.6 Å². The van der Waals surface area contributed by atoms with Crippen molar-refractivity contribution in [1.82, 2.24) is 9.97 Å². The molecule has 2 heterocycles. The van der Waals surface area contributed by atoms with Crippen molar-refractivity contribution >= 4 is 11.8 Å². The van der Waals surface area contributed by atoms with Gasteiger partial charge in [-0.05, 0) is 31.4 Å². The standard InChI is InChI=1S/C14H14F2N4/c15-8-4-5-9(11(16)7-8)12-10-3-1-2-6-18-13(10)20-14(17)19-12/h4-5,7H,1-3,6H2,(H3,17,18,19,20). The zero-order valence-electron chi connectivity index (χ0n) is 10.8. The fourth-order valence-electron chi connectivity index (χ4n) is 2.42. The van der Waals surface area contributed by atoms with Crippen LogP contribution in [0, 0.1) is 11.6 Å². The maximum Gasteiger partial charge on any atom is 0.222 e. The summed E-state index contributed by atoms with van der Waals surface area (Å²) < 4.78 is 27.0. The monoisotopic (exact) mass is 276 g/mol. The quantitative estimate of drug-likeness (QED) is 0.840. The number of nitrogens with zero attached hydrogens (tertiary/aromatic N) is 2. The molecule has 20 heavy (non-hydrogen) atoms. The van der Waals surface area contributed by atoms with Gasteiger partial charge >= 0.3 is 0 Å². The van der Waals surface area contributed by atoms with Crippen LogP contribution in [-0.2, 0) is 6.42 Å². The highest BCUT2D eigenvalue weighted by molar-refractivity contribution is 5.70. The number of halogens is 2. The molecule has 6 heteroatoms. The summed E-state index contributed by atoms with van der Waals surface area (Å²) in [6.45, 7) is 0.800. The number of hydrogen-bond donors (Lipinski definition) is 2. The Labute approximate surface area is 115 Å². The molecule has 0 saturated carbocycles. The van der Waals surface area contributed by atoms with Crippen LogP contribution in [0.2, 0.25) is 0 Å². The van der Waals surface area contributed by atoms with Gasteiger partial charge in [0.2, 0.25) is 5.95 Å². The van der Waals surface area contributed by atoms with Crippen molar-refractivity contribution in [3.63, 3.8) is 0 Å². The van der Waals surface area contributed by atoms with Crippen LogP contribution < -0.4 is 11.1 Å². The lowest BCUT2D eigenvalue weighted by Crippen LogP contribution is -2.08. The maximum atomic E-state index is 14.0. The summed E-state index contributed by atoms with van der Waals surface area (Å²) in [7, 11) is 0. The third-order valence-corrected chi connectivity index (χ3v) is 3.36. The normalized spacial score (nSPS) is 14.3. The van der Waals surface area contributed by atoms with Gasteiger partial charge in [-0.25, -0.2) is 13.8 Å². The molecule has 0 saturated heterocycles. The van der Waals surface area contributed by atoms with Crippen LogP contribution in [0.5, 0.6) is 0 Å². The Morgan fingerprint density at radius 2 is 2.00 bits per heavy atom. The Kier molecular flexibility index (Phi) is 3.22. The smallest absolute Gasteiger partial charge is 0.222 e. The Morgan fingerprint density at radius 3 is 2.80 bits per heavy atom. The van der Waals surface area contributed by atoms with E-state index in [2.05, 4.69) is 15.3 Å². The van der Waals surface area contributed by atoms with Crippen molar-refractivity contribution in [3.05, 3.63) is 35.4 Å². The second-order valence-electron chi connectivity index (χ2n) is 4.77. The molecule has 0 aliphatic carbocycles. The average Bonchev–Trinajstić information content (AvgIpc) is 2.63. The highest BCUT2D eigenvalue weighted by atomic mass is 19.1. The number of rotatable bonds is 1. The minimum absolute atomic E-state index is 0.0804. The SMILES string of the molecule is Nc1nc2c(c(-c3ccc(F)cc3F)n1)CCCCN2. The predicted molar refractivity (Wildman–Crippen MR) is 73.2 cm³/mol. The molecule has 0 fully saturated rings. The number of nitrogen functional groups attached to an aromatic ring is 1. The first-order chi connectivity index (χ1) is 9.65. The molecule has 2 aromatic rings. The molecule has 1 aromatic heterocycles. The largest absolute Gasteiger partial charge is 0.370 e. The van der Waals surface area contributed by atoms with E-state index in [4.69, 9.17) is 5.73 Å². The zero-order valence-corrected chi connectivity index (χ0v) is 10.8. The van der Waals surface area contributed by atoms with Crippen LogP contribution in [-0.4, -0.2) is 16.5 Å². The van der Waals surface area contributed by atoms with E-state index in [9.17, 15) is 8.78 Å². The summed E-state index contributed by atoms with van der Waals surface area (Å²) in [4.78, 5) is 8.32. The van der Waals surface area contributed by atoms with Gasteiger partial charge < -0.3 is 11.1 Å². The molecular weight excluding hydrogens is 262 g/mol. The van der Waals surface area contributed by atoms with Gasteiger partial charge in [0.25, 0.3) is 0 Å².